The number of anilines is 1. The van der Waals surface area contributed by atoms with Gasteiger partial charge in [-0.3, -0.25) is 9.59 Å². The van der Waals surface area contributed by atoms with E-state index in [1.807, 2.05) is 30.3 Å². The molecule has 0 radical (unpaired) electrons. The Morgan fingerprint density at radius 1 is 0.929 bits per heavy atom. The number of rotatable bonds is 7. The molecule has 3 rings (SSSR count). The highest BCUT2D eigenvalue weighted by Crippen LogP contribution is 2.32. The molecule has 0 saturated heterocycles. The summed E-state index contributed by atoms with van der Waals surface area (Å²) in [6, 6.07) is 20.8. The van der Waals surface area contributed by atoms with Crippen molar-refractivity contribution in [2.45, 2.75) is 6.92 Å². The fraction of sp³-hybridized carbons (Fsp3) is 0.0909. The summed E-state index contributed by atoms with van der Waals surface area (Å²) in [7, 11) is 0. The molecule has 28 heavy (non-hydrogen) atoms. The maximum Gasteiger partial charge on any atom is 0.262 e. The van der Waals surface area contributed by atoms with Gasteiger partial charge in [0.05, 0.1) is 5.69 Å². The lowest BCUT2D eigenvalue weighted by Gasteiger charge is -2.13. The molecular formula is C22H18ClNO4. The molecule has 0 aliphatic heterocycles. The summed E-state index contributed by atoms with van der Waals surface area (Å²) in [4.78, 5) is 23.6. The minimum Gasteiger partial charge on any atom is -0.484 e. The molecule has 0 atom stereocenters. The average molecular weight is 396 g/mol. The third-order valence-corrected chi connectivity index (χ3v) is 4.05. The van der Waals surface area contributed by atoms with Crippen LogP contribution in [-0.4, -0.2) is 18.3 Å². The topological polar surface area (TPSA) is 64.6 Å². The number of halogens is 1. The Hall–Kier alpha value is -3.31. The lowest BCUT2D eigenvalue weighted by Crippen LogP contribution is -2.20. The number of hydrogen-bond acceptors (Lipinski definition) is 4. The van der Waals surface area contributed by atoms with E-state index in [0.29, 0.717) is 33.5 Å². The Morgan fingerprint density at radius 3 is 2.32 bits per heavy atom. The molecular weight excluding hydrogens is 378 g/mol. The Balaban J connectivity index is 1.64. The molecule has 0 aliphatic rings. The lowest BCUT2D eigenvalue weighted by molar-refractivity contribution is -0.118. The average Bonchev–Trinajstić information content (AvgIpc) is 2.69. The smallest absolute Gasteiger partial charge is 0.262 e. The number of para-hydroxylation sites is 1. The first-order chi connectivity index (χ1) is 13.5. The van der Waals surface area contributed by atoms with Crippen LogP contribution in [0, 0.1) is 0 Å². The summed E-state index contributed by atoms with van der Waals surface area (Å²) < 4.78 is 11.3. The van der Waals surface area contributed by atoms with Crippen LogP contribution in [0.25, 0.3) is 0 Å². The number of benzene rings is 3. The maximum atomic E-state index is 12.3. The third kappa shape index (κ3) is 5.34. The second-order valence-corrected chi connectivity index (χ2v) is 6.41. The SMILES string of the molecule is CC(=O)c1ccc(OCC(=O)Nc2cc(Cl)ccc2Oc2ccccc2)cc1. The van der Waals surface area contributed by atoms with E-state index < -0.39 is 0 Å². The van der Waals surface area contributed by atoms with E-state index in [9.17, 15) is 9.59 Å². The number of carbonyl (C=O) groups excluding carboxylic acids is 2. The maximum absolute atomic E-state index is 12.3. The first-order valence-corrected chi connectivity index (χ1v) is 8.95. The lowest BCUT2D eigenvalue weighted by atomic mass is 10.1. The molecule has 0 bridgehead atoms. The quantitative estimate of drug-likeness (QED) is 0.547. The Labute approximate surface area is 167 Å². The van der Waals surface area contributed by atoms with Crippen LogP contribution in [-0.2, 0) is 4.79 Å². The number of amides is 1. The summed E-state index contributed by atoms with van der Waals surface area (Å²) in [5.74, 6) is 1.20. The van der Waals surface area contributed by atoms with Crippen molar-refractivity contribution in [3.63, 3.8) is 0 Å². The molecule has 5 nitrogen and oxygen atoms in total. The molecule has 142 valence electrons. The second kappa shape index (κ2) is 9.06. The van der Waals surface area contributed by atoms with Gasteiger partial charge in [-0.2, -0.15) is 0 Å². The second-order valence-electron chi connectivity index (χ2n) is 5.97. The van der Waals surface area contributed by atoms with Crippen LogP contribution >= 0.6 is 11.6 Å². The highest BCUT2D eigenvalue weighted by Gasteiger charge is 2.11. The zero-order valence-electron chi connectivity index (χ0n) is 15.1. The van der Waals surface area contributed by atoms with Gasteiger partial charge in [0, 0.05) is 10.6 Å². The van der Waals surface area contributed by atoms with Gasteiger partial charge in [-0.05, 0) is 61.5 Å². The predicted octanol–water partition coefficient (Wildman–Crippen LogP) is 5.35. The van der Waals surface area contributed by atoms with Crippen molar-refractivity contribution in [1.82, 2.24) is 0 Å². The van der Waals surface area contributed by atoms with Crippen molar-refractivity contribution < 1.29 is 19.1 Å². The van der Waals surface area contributed by atoms with Crippen molar-refractivity contribution in [2.75, 3.05) is 11.9 Å². The molecule has 0 heterocycles. The first-order valence-electron chi connectivity index (χ1n) is 8.57. The number of nitrogens with one attached hydrogen (secondary N) is 1. The third-order valence-electron chi connectivity index (χ3n) is 3.82. The van der Waals surface area contributed by atoms with Gasteiger partial charge in [0.15, 0.2) is 18.1 Å². The predicted molar refractivity (Wildman–Crippen MR) is 109 cm³/mol. The van der Waals surface area contributed by atoms with Crippen LogP contribution in [0.4, 0.5) is 5.69 Å². The molecule has 0 unspecified atom stereocenters. The van der Waals surface area contributed by atoms with Gasteiger partial charge in [-0.15, -0.1) is 0 Å². The largest absolute Gasteiger partial charge is 0.484 e. The summed E-state index contributed by atoms with van der Waals surface area (Å²) in [6.45, 7) is 1.29. The zero-order chi connectivity index (χ0) is 19.9. The normalized spacial score (nSPS) is 10.2. The Bertz CT molecular complexity index is 972. The summed E-state index contributed by atoms with van der Waals surface area (Å²) in [5.41, 5.74) is 1.02. The van der Waals surface area contributed by atoms with E-state index >= 15 is 0 Å². The van der Waals surface area contributed by atoms with E-state index in [2.05, 4.69) is 5.32 Å². The minimum atomic E-state index is -0.365. The number of carbonyl (C=O) groups is 2. The van der Waals surface area contributed by atoms with Crippen LogP contribution in [0.5, 0.6) is 17.2 Å². The molecule has 3 aromatic carbocycles. The van der Waals surface area contributed by atoms with Crippen molar-refractivity contribution >= 4 is 29.0 Å². The molecule has 0 spiro atoms. The molecule has 0 saturated carbocycles. The monoisotopic (exact) mass is 395 g/mol. The molecule has 1 amide bonds. The summed E-state index contributed by atoms with van der Waals surface area (Å²) in [6.07, 6.45) is 0. The van der Waals surface area contributed by atoms with Crippen LogP contribution in [0.1, 0.15) is 17.3 Å². The van der Waals surface area contributed by atoms with E-state index in [-0.39, 0.29) is 18.3 Å². The van der Waals surface area contributed by atoms with Crippen LogP contribution in [0.15, 0.2) is 72.8 Å². The van der Waals surface area contributed by atoms with Crippen molar-refractivity contribution in [3.8, 4) is 17.2 Å². The minimum absolute atomic E-state index is 0.0313. The fourth-order valence-electron chi connectivity index (χ4n) is 2.43. The van der Waals surface area contributed by atoms with Crippen LogP contribution in [0.2, 0.25) is 5.02 Å². The van der Waals surface area contributed by atoms with Crippen molar-refractivity contribution in [1.29, 1.82) is 0 Å². The molecule has 0 fully saturated rings. The van der Waals surface area contributed by atoms with Crippen molar-refractivity contribution in [3.05, 3.63) is 83.4 Å². The first kappa shape index (κ1) is 19.5. The fourth-order valence-corrected chi connectivity index (χ4v) is 2.60. The van der Waals surface area contributed by atoms with Gasteiger partial charge in [0.1, 0.15) is 11.5 Å². The number of ether oxygens (including phenoxy) is 2. The Morgan fingerprint density at radius 2 is 1.64 bits per heavy atom. The molecule has 3 aromatic rings. The van der Waals surface area contributed by atoms with Gasteiger partial charge >= 0.3 is 0 Å². The van der Waals surface area contributed by atoms with Gasteiger partial charge in [0.25, 0.3) is 5.91 Å². The molecule has 0 aliphatic carbocycles. The number of ketones is 1. The van der Waals surface area contributed by atoms with Gasteiger partial charge in [-0.25, -0.2) is 0 Å². The number of Topliss-reactive ketones (excluding diaryl/α,β-unsaturated/α-hetero) is 1. The van der Waals surface area contributed by atoms with Gasteiger partial charge < -0.3 is 14.8 Å². The Kier molecular flexibility index (Phi) is 6.29. The molecule has 1 N–H and O–H groups in total. The van der Waals surface area contributed by atoms with Crippen LogP contribution in [0.3, 0.4) is 0 Å². The highest BCUT2D eigenvalue weighted by atomic mass is 35.5. The van der Waals surface area contributed by atoms with Gasteiger partial charge in [0.2, 0.25) is 0 Å². The van der Waals surface area contributed by atoms with E-state index in [0.717, 1.165) is 0 Å². The molecule has 6 heteroatoms. The van der Waals surface area contributed by atoms with Gasteiger partial charge in [-0.1, -0.05) is 29.8 Å². The summed E-state index contributed by atoms with van der Waals surface area (Å²) >= 11 is 6.05. The van der Waals surface area contributed by atoms with E-state index in [4.69, 9.17) is 21.1 Å². The summed E-state index contributed by atoms with van der Waals surface area (Å²) in [5, 5.41) is 3.21. The molecule has 0 aromatic heterocycles. The van der Waals surface area contributed by atoms with E-state index in [1.54, 1.807) is 42.5 Å². The van der Waals surface area contributed by atoms with Crippen LogP contribution < -0.4 is 14.8 Å². The number of hydrogen-bond donors (Lipinski definition) is 1. The highest BCUT2D eigenvalue weighted by molar-refractivity contribution is 6.31. The van der Waals surface area contributed by atoms with Crippen molar-refractivity contribution in [2.24, 2.45) is 0 Å². The van der Waals surface area contributed by atoms with E-state index in [1.165, 1.54) is 6.92 Å². The standard InChI is InChI=1S/C22H18ClNO4/c1-15(25)16-7-10-18(11-8-16)27-14-22(26)24-20-13-17(23)9-12-21(20)28-19-5-3-2-4-6-19/h2-13H,14H2,1H3,(H,24,26). The zero-order valence-corrected chi connectivity index (χ0v) is 15.9.